The lowest BCUT2D eigenvalue weighted by Crippen LogP contribution is -2.30. The van der Waals surface area contributed by atoms with Crippen molar-refractivity contribution in [2.75, 3.05) is 4.90 Å². The molecule has 0 saturated carbocycles. The third kappa shape index (κ3) is 6.85. The summed E-state index contributed by atoms with van der Waals surface area (Å²) in [5, 5.41) is 14.5. The van der Waals surface area contributed by atoms with Crippen LogP contribution in [0.3, 0.4) is 0 Å². The number of rotatable bonds is 8. The van der Waals surface area contributed by atoms with Crippen LogP contribution in [-0.4, -0.2) is 16.0 Å². The number of nitrogens with zero attached hydrogens (tertiary/aromatic N) is 3. The van der Waals surface area contributed by atoms with Crippen LogP contribution in [0.4, 0.5) is 11.4 Å². The van der Waals surface area contributed by atoms with Crippen LogP contribution < -0.4 is 4.90 Å². The van der Waals surface area contributed by atoms with E-state index in [1.165, 1.54) is 32.7 Å². The predicted octanol–water partition coefficient (Wildman–Crippen LogP) is 15.4. The molecule has 4 nitrogen and oxygen atoms in total. The number of nitrogens with one attached hydrogen (secondary N) is 1. The molecule has 0 atom stereocenters. The van der Waals surface area contributed by atoms with E-state index in [2.05, 4.69) is 239 Å². The van der Waals surface area contributed by atoms with E-state index in [9.17, 15) is 5.41 Å². The van der Waals surface area contributed by atoms with E-state index in [1.807, 2.05) is 18.2 Å². The molecule has 1 aromatic heterocycles. The standard InChI is InChI=1S/C58H40N4S/c59-57-51(45-24-32-49(33-25-45)62-53-35-27-46(41-16-8-3-9-17-41)38-52(53)56-50-19-11-10-18-44(50)26-36-54(56)62)34-37-55(58(57)60-63)61(47-28-20-42(21-29-47)39-12-4-1-5-13-39)48-30-22-43(23-31-48)40-14-6-2-7-15-40/h1-38,59,63H/b59-57?,60-58-. The first kappa shape index (κ1) is 38.0. The summed E-state index contributed by atoms with van der Waals surface area (Å²) in [7, 11) is 0. The van der Waals surface area contributed by atoms with Gasteiger partial charge in [-0.2, -0.15) is 0 Å². The summed E-state index contributed by atoms with van der Waals surface area (Å²) in [5.74, 6) is 0. The van der Waals surface area contributed by atoms with Gasteiger partial charge in [0.15, 0.2) is 0 Å². The number of fused-ring (bicyclic) bond motifs is 5. The van der Waals surface area contributed by atoms with E-state index in [0.717, 1.165) is 67.2 Å². The second-order valence-corrected chi connectivity index (χ2v) is 16.0. The van der Waals surface area contributed by atoms with Crippen molar-refractivity contribution in [2.45, 2.75) is 0 Å². The van der Waals surface area contributed by atoms with Gasteiger partial charge in [0.05, 0.1) is 22.4 Å². The Balaban J connectivity index is 0.991. The summed E-state index contributed by atoms with van der Waals surface area (Å²) in [6.45, 7) is 0. The number of aromatic nitrogens is 1. The molecule has 1 aliphatic rings. The maximum Gasteiger partial charge on any atom is 0.121 e. The lowest BCUT2D eigenvalue weighted by Gasteiger charge is -2.31. The van der Waals surface area contributed by atoms with Crippen molar-refractivity contribution in [3.8, 4) is 39.1 Å². The Hall–Kier alpha value is -7.99. The maximum atomic E-state index is 9.64. The Morgan fingerprint density at radius 2 is 0.921 bits per heavy atom. The molecule has 63 heavy (non-hydrogen) atoms. The molecule has 9 aromatic carbocycles. The van der Waals surface area contributed by atoms with Crippen molar-refractivity contribution < 1.29 is 0 Å². The third-order valence-corrected chi connectivity index (χ3v) is 12.4. The fraction of sp³-hybridized carbons (Fsp3) is 0. The number of hydrogen-bond donors (Lipinski definition) is 2. The average Bonchev–Trinajstić information content (AvgIpc) is 3.70. The van der Waals surface area contributed by atoms with Gasteiger partial charge in [-0.05, 0) is 129 Å². The summed E-state index contributed by atoms with van der Waals surface area (Å²) >= 11 is 4.51. The number of benzene rings is 9. The molecular weight excluding hydrogens is 785 g/mol. The zero-order valence-electron chi connectivity index (χ0n) is 34.2. The summed E-state index contributed by atoms with van der Waals surface area (Å²) in [4.78, 5) is 2.17. The van der Waals surface area contributed by atoms with E-state index in [0.29, 0.717) is 11.4 Å². The van der Waals surface area contributed by atoms with Gasteiger partial charge in [-0.15, -0.1) is 0 Å². The van der Waals surface area contributed by atoms with E-state index >= 15 is 0 Å². The zero-order valence-corrected chi connectivity index (χ0v) is 35.1. The Labute approximate surface area is 372 Å². The van der Waals surface area contributed by atoms with Gasteiger partial charge in [0, 0.05) is 33.4 Å². The molecule has 298 valence electrons. The van der Waals surface area contributed by atoms with Gasteiger partial charge in [0.2, 0.25) is 0 Å². The van der Waals surface area contributed by atoms with E-state index in [4.69, 9.17) is 0 Å². The van der Waals surface area contributed by atoms with Gasteiger partial charge < -0.3 is 9.47 Å². The summed E-state index contributed by atoms with van der Waals surface area (Å²) < 4.78 is 6.86. The molecule has 0 bridgehead atoms. The van der Waals surface area contributed by atoms with Crippen molar-refractivity contribution in [3.63, 3.8) is 0 Å². The summed E-state index contributed by atoms with van der Waals surface area (Å²) in [6, 6.07) is 76.9. The van der Waals surface area contributed by atoms with Crippen LogP contribution in [0.15, 0.2) is 241 Å². The van der Waals surface area contributed by atoms with Crippen LogP contribution in [0.25, 0.3) is 77.2 Å². The first-order chi connectivity index (χ1) is 31.1. The highest BCUT2D eigenvalue weighted by Gasteiger charge is 2.28. The first-order valence-corrected chi connectivity index (χ1v) is 21.5. The number of hydrogen-bond acceptors (Lipinski definition) is 4. The van der Waals surface area contributed by atoms with Gasteiger partial charge >= 0.3 is 0 Å². The van der Waals surface area contributed by atoms with Crippen molar-refractivity contribution in [3.05, 3.63) is 242 Å². The fourth-order valence-corrected chi connectivity index (χ4v) is 9.27. The summed E-state index contributed by atoms with van der Waals surface area (Å²) in [5.41, 5.74) is 15.5. The number of thiol groups is 1. The van der Waals surface area contributed by atoms with Gasteiger partial charge in [-0.25, -0.2) is 4.40 Å². The highest BCUT2D eigenvalue weighted by molar-refractivity contribution is 7.79. The van der Waals surface area contributed by atoms with Crippen molar-refractivity contribution in [1.29, 1.82) is 5.41 Å². The maximum absolute atomic E-state index is 9.64. The average molecular weight is 825 g/mol. The molecule has 0 saturated heterocycles. The second-order valence-electron chi connectivity index (χ2n) is 15.8. The van der Waals surface area contributed by atoms with E-state index < -0.39 is 0 Å². The van der Waals surface area contributed by atoms with Crippen molar-refractivity contribution >= 4 is 73.8 Å². The number of allylic oxidation sites excluding steroid dienone is 4. The van der Waals surface area contributed by atoms with Crippen molar-refractivity contribution in [2.24, 2.45) is 4.40 Å². The SMILES string of the molecule is N=C1C(c2ccc(-n3c4ccc(-c5ccccc5)cc4c4c5ccccc5ccc43)cc2)=CC=C(N(c2ccc(-c3ccccc3)cc2)c2ccc(-c3ccccc3)cc2)/C1=N/S. The molecule has 10 aromatic rings. The minimum Gasteiger partial charge on any atom is -0.309 e. The van der Waals surface area contributed by atoms with Gasteiger partial charge in [0.1, 0.15) is 5.71 Å². The highest BCUT2D eigenvalue weighted by atomic mass is 32.1. The minimum atomic E-state index is 0.304. The Bertz CT molecular complexity index is 3340. The molecule has 0 unspecified atom stereocenters. The molecule has 0 radical (unpaired) electrons. The first-order valence-electron chi connectivity index (χ1n) is 21.1. The topological polar surface area (TPSA) is 44.4 Å². The van der Waals surface area contributed by atoms with Crippen LogP contribution in [0.1, 0.15) is 5.56 Å². The Morgan fingerprint density at radius 1 is 0.429 bits per heavy atom. The zero-order chi connectivity index (χ0) is 42.3. The third-order valence-electron chi connectivity index (χ3n) is 12.2. The molecule has 0 amide bonds. The molecule has 0 aliphatic heterocycles. The van der Waals surface area contributed by atoms with Crippen LogP contribution >= 0.6 is 12.8 Å². The smallest absolute Gasteiger partial charge is 0.121 e. The molecule has 1 heterocycles. The molecule has 5 heteroatoms. The lowest BCUT2D eigenvalue weighted by atomic mass is 9.91. The largest absolute Gasteiger partial charge is 0.309 e. The van der Waals surface area contributed by atoms with Gasteiger partial charge in [-0.1, -0.05) is 164 Å². The lowest BCUT2D eigenvalue weighted by molar-refractivity contribution is 1.18. The quantitative estimate of drug-likeness (QED) is 0.116. The Morgan fingerprint density at radius 3 is 1.51 bits per heavy atom. The van der Waals surface area contributed by atoms with Gasteiger partial charge in [0.25, 0.3) is 0 Å². The molecule has 0 fully saturated rings. The van der Waals surface area contributed by atoms with Crippen molar-refractivity contribution in [1.82, 2.24) is 4.57 Å². The monoisotopic (exact) mass is 824 g/mol. The summed E-state index contributed by atoms with van der Waals surface area (Å²) in [6.07, 6.45) is 4.10. The highest BCUT2D eigenvalue weighted by Crippen LogP contribution is 2.40. The van der Waals surface area contributed by atoms with Crippen LogP contribution in [0.5, 0.6) is 0 Å². The van der Waals surface area contributed by atoms with Crippen LogP contribution in [0, 0.1) is 5.41 Å². The minimum absolute atomic E-state index is 0.304. The molecule has 0 spiro atoms. The molecular formula is C58H40N4S. The van der Waals surface area contributed by atoms with E-state index in [-0.39, 0.29) is 0 Å². The molecule has 11 rings (SSSR count). The van der Waals surface area contributed by atoms with Gasteiger partial charge in [-0.3, -0.25) is 5.41 Å². The van der Waals surface area contributed by atoms with Crippen LogP contribution in [-0.2, 0) is 0 Å². The number of anilines is 2. The second kappa shape index (κ2) is 16.1. The predicted molar refractivity (Wildman–Crippen MR) is 270 cm³/mol. The Kier molecular flexibility index (Phi) is 9.72. The normalized spacial score (nSPS) is 13.4. The van der Waals surface area contributed by atoms with E-state index in [1.54, 1.807) is 0 Å². The van der Waals surface area contributed by atoms with Crippen LogP contribution in [0.2, 0.25) is 0 Å². The fourth-order valence-electron chi connectivity index (χ4n) is 9.07. The molecule has 1 N–H and O–H groups in total. The molecule has 1 aliphatic carbocycles.